The lowest BCUT2D eigenvalue weighted by atomic mass is 10.2. The number of esters is 1. The second-order valence-electron chi connectivity index (χ2n) is 3.95. The first-order chi connectivity index (χ1) is 8.17. The van der Waals surface area contributed by atoms with Gasteiger partial charge in [0.25, 0.3) is 0 Å². The molecule has 1 aromatic carbocycles. The predicted octanol–water partition coefficient (Wildman–Crippen LogP) is 3.57. The van der Waals surface area contributed by atoms with Crippen LogP contribution in [0.2, 0.25) is 0 Å². The fraction of sp³-hybridized carbons (Fsp3) is 0.500. The number of carbonyl (C=O) groups is 1. The van der Waals surface area contributed by atoms with Gasteiger partial charge in [0.2, 0.25) is 0 Å². The molecule has 0 heterocycles. The minimum absolute atomic E-state index is 0.0459. The molecule has 0 amide bonds. The number of hydrogen-bond donors (Lipinski definition) is 0. The van der Waals surface area contributed by atoms with Gasteiger partial charge in [-0.1, -0.05) is 36.8 Å². The molecule has 1 rings (SSSR count). The number of carbonyl (C=O) groups excluding carboxylic acids is 1. The van der Waals surface area contributed by atoms with Gasteiger partial charge in [0.15, 0.2) is 0 Å². The Labute approximate surface area is 108 Å². The topological polar surface area (TPSA) is 26.3 Å². The summed E-state index contributed by atoms with van der Waals surface area (Å²) in [5, 5.41) is -0.0459. The normalized spacial score (nSPS) is 12.2. The van der Waals surface area contributed by atoms with Gasteiger partial charge in [-0.25, -0.2) is 0 Å². The van der Waals surface area contributed by atoms with Gasteiger partial charge >= 0.3 is 5.97 Å². The summed E-state index contributed by atoms with van der Waals surface area (Å²) in [5.74, 6) is 0.770. The van der Waals surface area contributed by atoms with Crippen LogP contribution in [0.1, 0.15) is 31.4 Å². The third kappa shape index (κ3) is 4.82. The highest BCUT2D eigenvalue weighted by Crippen LogP contribution is 2.21. The van der Waals surface area contributed by atoms with E-state index >= 15 is 0 Å². The highest BCUT2D eigenvalue weighted by molar-refractivity contribution is 7.99. The maximum atomic E-state index is 11.6. The molecule has 0 saturated carbocycles. The molecule has 0 aliphatic heterocycles. The van der Waals surface area contributed by atoms with Crippen LogP contribution in [0.4, 0.5) is 0 Å². The SMILES string of the molecule is CCOC(=O)C(CC)SCc1cccc(C)c1. The lowest BCUT2D eigenvalue weighted by Gasteiger charge is -2.13. The fourth-order valence-electron chi connectivity index (χ4n) is 1.59. The Hall–Kier alpha value is -0.960. The van der Waals surface area contributed by atoms with Crippen molar-refractivity contribution in [3.05, 3.63) is 35.4 Å². The highest BCUT2D eigenvalue weighted by atomic mass is 32.2. The van der Waals surface area contributed by atoms with E-state index in [4.69, 9.17) is 4.74 Å². The third-order valence-corrected chi connectivity index (χ3v) is 3.88. The van der Waals surface area contributed by atoms with E-state index in [-0.39, 0.29) is 11.2 Å². The van der Waals surface area contributed by atoms with Gasteiger partial charge in [-0.3, -0.25) is 4.79 Å². The van der Waals surface area contributed by atoms with Gasteiger partial charge in [-0.2, -0.15) is 0 Å². The molecule has 0 aliphatic rings. The Morgan fingerprint density at radius 1 is 1.41 bits per heavy atom. The van der Waals surface area contributed by atoms with Crippen LogP contribution in [0, 0.1) is 6.92 Å². The Kier molecular flexibility index (Phi) is 6.12. The number of hydrogen-bond acceptors (Lipinski definition) is 3. The van der Waals surface area contributed by atoms with Crippen molar-refractivity contribution in [3.8, 4) is 0 Å². The summed E-state index contributed by atoms with van der Waals surface area (Å²) in [6.45, 7) is 6.40. The summed E-state index contributed by atoms with van der Waals surface area (Å²) in [5.41, 5.74) is 2.52. The van der Waals surface area contributed by atoms with Crippen molar-refractivity contribution in [2.45, 2.75) is 38.2 Å². The molecule has 17 heavy (non-hydrogen) atoms. The number of rotatable bonds is 6. The molecule has 0 N–H and O–H groups in total. The molecule has 3 heteroatoms. The van der Waals surface area contributed by atoms with Crippen LogP contribution in [0.5, 0.6) is 0 Å². The quantitative estimate of drug-likeness (QED) is 0.724. The highest BCUT2D eigenvalue weighted by Gasteiger charge is 2.17. The van der Waals surface area contributed by atoms with Gasteiger partial charge < -0.3 is 4.74 Å². The maximum absolute atomic E-state index is 11.6. The molecule has 1 unspecified atom stereocenters. The zero-order chi connectivity index (χ0) is 12.7. The van der Waals surface area contributed by atoms with Crippen molar-refractivity contribution < 1.29 is 9.53 Å². The van der Waals surface area contributed by atoms with Crippen molar-refractivity contribution in [1.29, 1.82) is 0 Å². The Balaban J connectivity index is 2.50. The molecule has 0 radical (unpaired) electrons. The number of benzene rings is 1. The van der Waals surface area contributed by atoms with Crippen LogP contribution >= 0.6 is 11.8 Å². The second kappa shape index (κ2) is 7.38. The molecule has 0 saturated heterocycles. The van der Waals surface area contributed by atoms with Gasteiger partial charge in [0.1, 0.15) is 5.25 Å². The standard InChI is InChI=1S/C14H20O2S/c1-4-13(14(15)16-5-2)17-10-12-8-6-7-11(3)9-12/h6-9,13H,4-5,10H2,1-3H3. The van der Waals surface area contributed by atoms with Crippen molar-refractivity contribution in [3.63, 3.8) is 0 Å². The van der Waals surface area contributed by atoms with Crippen molar-refractivity contribution in [2.24, 2.45) is 0 Å². The van der Waals surface area contributed by atoms with Crippen LogP contribution in [0.15, 0.2) is 24.3 Å². The summed E-state index contributed by atoms with van der Waals surface area (Å²) in [4.78, 5) is 11.6. The largest absolute Gasteiger partial charge is 0.465 e. The summed E-state index contributed by atoms with van der Waals surface area (Å²) < 4.78 is 5.05. The zero-order valence-electron chi connectivity index (χ0n) is 10.7. The van der Waals surface area contributed by atoms with E-state index in [0.29, 0.717) is 6.61 Å². The first kappa shape index (κ1) is 14.1. The van der Waals surface area contributed by atoms with E-state index in [1.165, 1.54) is 11.1 Å². The van der Waals surface area contributed by atoms with Crippen LogP contribution in [-0.4, -0.2) is 17.8 Å². The first-order valence-corrected chi connectivity index (χ1v) is 7.06. The molecule has 2 nitrogen and oxygen atoms in total. The van der Waals surface area contributed by atoms with Crippen molar-refractivity contribution in [1.82, 2.24) is 0 Å². The summed E-state index contributed by atoms with van der Waals surface area (Å²) in [7, 11) is 0. The summed E-state index contributed by atoms with van der Waals surface area (Å²) >= 11 is 1.66. The average molecular weight is 252 g/mol. The third-order valence-electron chi connectivity index (χ3n) is 2.45. The lowest BCUT2D eigenvalue weighted by molar-refractivity contribution is -0.142. The summed E-state index contributed by atoms with van der Waals surface area (Å²) in [6, 6.07) is 8.39. The number of aryl methyl sites for hydroxylation is 1. The molecule has 0 aliphatic carbocycles. The molecule has 0 fully saturated rings. The molecule has 0 bridgehead atoms. The number of ether oxygens (including phenoxy) is 1. The Morgan fingerprint density at radius 3 is 2.76 bits per heavy atom. The Bertz CT molecular complexity index is 363. The predicted molar refractivity (Wildman–Crippen MR) is 73.2 cm³/mol. The van der Waals surface area contributed by atoms with E-state index in [0.717, 1.165) is 12.2 Å². The minimum Gasteiger partial charge on any atom is -0.465 e. The van der Waals surface area contributed by atoms with Gasteiger partial charge in [0, 0.05) is 5.75 Å². The molecule has 0 aromatic heterocycles. The van der Waals surface area contributed by atoms with Crippen LogP contribution in [0.25, 0.3) is 0 Å². The van der Waals surface area contributed by atoms with E-state index in [1.807, 2.05) is 13.8 Å². The molecular formula is C14H20O2S. The van der Waals surface area contributed by atoms with Crippen LogP contribution in [-0.2, 0) is 15.3 Å². The van der Waals surface area contributed by atoms with Crippen LogP contribution in [0.3, 0.4) is 0 Å². The molecule has 1 atom stereocenters. The molecule has 0 spiro atoms. The maximum Gasteiger partial charge on any atom is 0.319 e. The van der Waals surface area contributed by atoms with E-state index in [1.54, 1.807) is 11.8 Å². The van der Waals surface area contributed by atoms with E-state index in [9.17, 15) is 4.79 Å². The van der Waals surface area contributed by atoms with Crippen molar-refractivity contribution in [2.75, 3.05) is 6.61 Å². The number of thioether (sulfide) groups is 1. The van der Waals surface area contributed by atoms with E-state index < -0.39 is 0 Å². The van der Waals surface area contributed by atoms with E-state index in [2.05, 4.69) is 31.2 Å². The van der Waals surface area contributed by atoms with Gasteiger partial charge in [0.05, 0.1) is 6.61 Å². The van der Waals surface area contributed by atoms with Gasteiger partial charge in [-0.05, 0) is 25.8 Å². The Morgan fingerprint density at radius 2 is 2.18 bits per heavy atom. The monoisotopic (exact) mass is 252 g/mol. The first-order valence-electron chi connectivity index (χ1n) is 6.01. The zero-order valence-corrected chi connectivity index (χ0v) is 11.5. The smallest absolute Gasteiger partial charge is 0.319 e. The fourth-order valence-corrected chi connectivity index (χ4v) is 2.60. The molecule has 94 valence electrons. The molecular weight excluding hydrogens is 232 g/mol. The molecule has 1 aromatic rings. The second-order valence-corrected chi connectivity index (χ2v) is 5.14. The van der Waals surface area contributed by atoms with Crippen LogP contribution < -0.4 is 0 Å². The minimum atomic E-state index is -0.0901. The van der Waals surface area contributed by atoms with Gasteiger partial charge in [-0.15, -0.1) is 11.8 Å². The summed E-state index contributed by atoms with van der Waals surface area (Å²) in [6.07, 6.45) is 0.815. The average Bonchev–Trinajstić information content (AvgIpc) is 2.30. The van der Waals surface area contributed by atoms with Crippen molar-refractivity contribution >= 4 is 17.7 Å². The lowest BCUT2D eigenvalue weighted by Crippen LogP contribution is -2.19.